The first-order valence-corrected chi connectivity index (χ1v) is 12.0. The second kappa shape index (κ2) is 11.8. The molecule has 4 nitrogen and oxygen atoms in total. The third-order valence-electron chi connectivity index (χ3n) is 5.44. The normalized spacial score (nSPS) is 11.8. The Morgan fingerprint density at radius 1 is 0.848 bits per heavy atom. The van der Waals surface area contributed by atoms with Gasteiger partial charge in [-0.05, 0) is 49.6 Å². The van der Waals surface area contributed by atoms with Gasteiger partial charge in [-0.15, -0.1) is 0 Å². The highest BCUT2D eigenvalue weighted by Gasteiger charge is 2.30. The molecule has 0 aliphatic carbocycles. The lowest BCUT2D eigenvalue weighted by atomic mass is 10.0. The van der Waals surface area contributed by atoms with Crippen molar-refractivity contribution in [3.05, 3.63) is 106 Å². The van der Waals surface area contributed by atoms with Crippen molar-refractivity contribution in [2.75, 3.05) is 0 Å². The topological polar surface area (TPSA) is 49.4 Å². The van der Waals surface area contributed by atoms with E-state index in [2.05, 4.69) is 21.2 Å². The van der Waals surface area contributed by atoms with Gasteiger partial charge in [-0.25, -0.2) is 0 Å². The van der Waals surface area contributed by atoms with Gasteiger partial charge in [0.05, 0.1) is 6.42 Å². The van der Waals surface area contributed by atoms with E-state index in [0.717, 1.165) is 26.7 Å². The number of benzene rings is 3. The lowest BCUT2D eigenvalue weighted by molar-refractivity contribution is -0.141. The number of aryl methyl sites for hydroxylation is 1. The fourth-order valence-electron chi connectivity index (χ4n) is 3.70. The van der Waals surface area contributed by atoms with Gasteiger partial charge in [0.15, 0.2) is 0 Å². The van der Waals surface area contributed by atoms with Crippen LogP contribution in [0.2, 0.25) is 0 Å². The molecule has 0 aliphatic rings. The highest BCUT2D eigenvalue weighted by molar-refractivity contribution is 9.10. The van der Waals surface area contributed by atoms with E-state index in [0.29, 0.717) is 13.0 Å². The average Bonchev–Trinajstić information content (AvgIpc) is 2.79. The van der Waals surface area contributed by atoms with Crippen molar-refractivity contribution >= 4 is 27.7 Å². The van der Waals surface area contributed by atoms with E-state index in [1.807, 2.05) is 99.6 Å². The van der Waals surface area contributed by atoms with Gasteiger partial charge >= 0.3 is 0 Å². The van der Waals surface area contributed by atoms with Crippen molar-refractivity contribution in [2.45, 2.75) is 52.2 Å². The summed E-state index contributed by atoms with van der Waals surface area (Å²) < 4.78 is 0.974. The number of amides is 2. The van der Waals surface area contributed by atoms with Crippen LogP contribution in [0.3, 0.4) is 0 Å². The monoisotopic (exact) mass is 506 g/mol. The summed E-state index contributed by atoms with van der Waals surface area (Å²) >= 11 is 3.47. The zero-order valence-electron chi connectivity index (χ0n) is 19.4. The summed E-state index contributed by atoms with van der Waals surface area (Å²) in [6, 6.07) is 25.1. The first-order valence-electron chi connectivity index (χ1n) is 11.3. The van der Waals surface area contributed by atoms with Gasteiger partial charge in [0.1, 0.15) is 6.04 Å². The maximum absolute atomic E-state index is 13.6. The molecule has 2 amide bonds. The number of hydrogen-bond acceptors (Lipinski definition) is 2. The molecule has 0 bridgehead atoms. The first kappa shape index (κ1) is 24.7. The van der Waals surface area contributed by atoms with Gasteiger partial charge in [0, 0.05) is 23.5 Å². The van der Waals surface area contributed by atoms with Crippen LogP contribution in [-0.2, 0) is 29.0 Å². The highest BCUT2D eigenvalue weighted by Crippen LogP contribution is 2.18. The number of carbonyl (C=O) groups is 2. The third kappa shape index (κ3) is 7.57. The summed E-state index contributed by atoms with van der Waals surface area (Å²) in [7, 11) is 0. The lowest BCUT2D eigenvalue weighted by Crippen LogP contribution is -2.52. The van der Waals surface area contributed by atoms with Crippen LogP contribution in [0.5, 0.6) is 0 Å². The van der Waals surface area contributed by atoms with E-state index in [9.17, 15) is 9.59 Å². The minimum atomic E-state index is -0.614. The number of nitrogens with zero attached hydrogens (tertiary/aromatic N) is 1. The largest absolute Gasteiger partial charge is 0.352 e. The molecule has 172 valence electrons. The standard InChI is InChI=1S/C28H31BrN2O2/c1-20(2)30-28(33)26(17-22-7-5-4-6-8-22)31(19-24-13-15-25(29)16-14-24)27(32)18-23-11-9-21(3)10-12-23/h4-16,20,26H,17-19H2,1-3H3,(H,30,33)/t26-/m1/s1. The van der Waals surface area contributed by atoms with Crippen molar-refractivity contribution in [3.63, 3.8) is 0 Å². The summed E-state index contributed by atoms with van der Waals surface area (Å²) in [6.07, 6.45) is 0.701. The van der Waals surface area contributed by atoms with Crippen LogP contribution < -0.4 is 5.32 Å². The Hall–Kier alpha value is -2.92. The first-order chi connectivity index (χ1) is 15.8. The molecule has 0 unspecified atom stereocenters. The molecule has 3 aromatic rings. The summed E-state index contributed by atoms with van der Waals surface area (Å²) in [5.74, 6) is -0.204. The number of halogens is 1. The zero-order chi connectivity index (χ0) is 23.8. The van der Waals surface area contributed by atoms with Crippen molar-refractivity contribution in [2.24, 2.45) is 0 Å². The van der Waals surface area contributed by atoms with E-state index in [-0.39, 0.29) is 24.3 Å². The molecule has 0 saturated carbocycles. The van der Waals surface area contributed by atoms with Crippen LogP contribution in [-0.4, -0.2) is 28.8 Å². The maximum atomic E-state index is 13.6. The molecule has 0 radical (unpaired) electrons. The molecule has 0 aliphatic heterocycles. The van der Waals surface area contributed by atoms with Crippen molar-refractivity contribution in [3.8, 4) is 0 Å². The number of rotatable bonds is 9. The Morgan fingerprint density at radius 2 is 1.45 bits per heavy atom. The van der Waals surface area contributed by atoms with Gasteiger partial charge in [-0.1, -0.05) is 88.2 Å². The van der Waals surface area contributed by atoms with Crippen LogP contribution in [0.25, 0.3) is 0 Å². The maximum Gasteiger partial charge on any atom is 0.243 e. The molecule has 5 heteroatoms. The Kier molecular flexibility index (Phi) is 8.84. The van der Waals surface area contributed by atoms with Gasteiger partial charge in [0.2, 0.25) is 11.8 Å². The molecule has 1 atom stereocenters. The van der Waals surface area contributed by atoms with Crippen LogP contribution in [0.1, 0.15) is 36.1 Å². The SMILES string of the molecule is Cc1ccc(CC(=O)N(Cc2ccc(Br)cc2)[C@H](Cc2ccccc2)C(=O)NC(C)C)cc1. The van der Waals surface area contributed by atoms with Crippen LogP contribution >= 0.6 is 15.9 Å². The molecule has 3 aromatic carbocycles. The smallest absolute Gasteiger partial charge is 0.243 e. The molecule has 0 spiro atoms. The van der Waals surface area contributed by atoms with E-state index < -0.39 is 6.04 Å². The fourth-order valence-corrected chi connectivity index (χ4v) is 3.97. The molecular weight excluding hydrogens is 476 g/mol. The van der Waals surface area contributed by atoms with E-state index in [1.54, 1.807) is 4.90 Å². The number of hydrogen-bond donors (Lipinski definition) is 1. The summed E-state index contributed by atoms with van der Waals surface area (Å²) in [4.78, 5) is 28.7. The van der Waals surface area contributed by atoms with Gasteiger partial charge in [0.25, 0.3) is 0 Å². The lowest BCUT2D eigenvalue weighted by Gasteiger charge is -2.32. The van der Waals surface area contributed by atoms with Crippen LogP contribution in [0, 0.1) is 6.92 Å². The quantitative estimate of drug-likeness (QED) is 0.418. The zero-order valence-corrected chi connectivity index (χ0v) is 21.0. The van der Waals surface area contributed by atoms with E-state index in [1.165, 1.54) is 0 Å². The Morgan fingerprint density at radius 3 is 2.06 bits per heavy atom. The minimum Gasteiger partial charge on any atom is -0.352 e. The predicted molar refractivity (Wildman–Crippen MR) is 137 cm³/mol. The highest BCUT2D eigenvalue weighted by atomic mass is 79.9. The van der Waals surface area contributed by atoms with E-state index in [4.69, 9.17) is 0 Å². The fraction of sp³-hybridized carbons (Fsp3) is 0.286. The molecule has 0 heterocycles. The molecule has 1 N–H and O–H groups in total. The Balaban J connectivity index is 1.95. The van der Waals surface area contributed by atoms with Gasteiger partial charge in [-0.3, -0.25) is 9.59 Å². The average molecular weight is 507 g/mol. The van der Waals surface area contributed by atoms with E-state index >= 15 is 0 Å². The van der Waals surface area contributed by atoms with Crippen LogP contribution in [0.15, 0.2) is 83.3 Å². The van der Waals surface area contributed by atoms with Crippen molar-refractivity contribution in [1.82, 2.24) is 10.2 Å². The molecular formula is C28H31BrN2O2. The Bertz CT molecular complexity index is 1050. The molecule has 0 fully saturated rings. The molecule has 3 rings (SSSR count). The predicted octanol–water partition coefficient (Wildman–Crippen LogP) is 5.46. The number of carbonyl (C=O) groups excluding carboxylic acids is 2. The molecule has 0 aromatic heterocycles. The van der Waals surface area contributed by atoms with Crippen molar-refractivity contribution < 1.29 is 9.59 Å². The third-order valence-corrected chi connectivity index (χ3v) is 5.97. The second-order valence-corrected chi connectivity index (χ2v) is 9.59. The Labute approximate surface area is 205 Å². The summed E-state index contributed by atoms with van der Waals surface area (Å²) in [5.41, 5.74) is 4.08. The van der Waals surface area contributed by atoms with Crippen molar-refractivity contribution in [1.29, 1.82) is 0 Å². The number of nitrogens with one attached hydrogen (secondary N) is 1. The molecule has 0 saturated heterocycles. The molecule has 33 heavy (non-hydrogen) atoms. The minimum absolute atomic E-state index is 0.0162. The van der Waals surface area contributed by atoms with Gasteiger partial charge < -0.3 is 10.2 Å². The van der Waals surface area contributed by atoms with Crippen LogP contribution in [0.4, 0.5) is 0 Å². The summed E-state index contributed by atoms with van der Waals surface area (Å²) in [5, 5.41) is 3.02. The summed E-state index contributed by atoms with van der Waals surface area (Å²) in [6.45, 7) is 6.26. The second-order valence-electron chi connectivity index (χ2n) is 8.68. The van der Waals surface area contributed by atoms with Gasteiger partial charge in [-0.2, -0.15) is 0 Å².